The molecular formula is C15H17ClN2. The molecule has 3 heteroatoms. The van der Waals surface area contributed by atoms with Gasteiger partial charge in [-0.15, -0.1) is 0 Å². The summed E-state index contributed by atoms with van der Waals surface area (Å²) in [6.45, 7) is 1.94. The van der Waals surface area contributed by atoms with Crippen molar-refractivity contribution in [2.75, 3.05) is 0 Å². The molecule has 0 heterocycles. The molecule has 0 aliphatic heterocycles. The van der Waals surface area contributed by atoms with Gasteiger partial charge in [-0.3, -0.25) is 0 Å². The van der Waals surface area contributed by atoms with Gasteiger partial charge in [0, 0.05) is 5.02 Å². The Kier molecular flexibility index (Phi) is 3.71. The molecule has 0 saturated heterocycles. The molecule has 2 aromatic carbocycles. The van der Waals surface area contributed by atoms with Gasteiger partial charge in [-0.25, -0.2) is 0 Å². The molecule has 18 heavy (non-hydrogen) atoms. The minimum absolute atomic E-state index is 0.264. The van der Waals surface area contributed by atoms with Gasteiger partial charge >= 0.3 is 0 Å². The van der Waals surface area contributed by atoms with Crippen LogP contribution in [0.5, 0.6) is 0 Å². The van der Waals surface area contributed by atoms with Crippen LogP contribution >= 0.6 is 11.6 Å². The van der Waals surface area contributed by atoms with Crippen LogP contribution in [0.15, 0.2) is 54.6 Å². The van der Waals surface area contributed by atoms with Crippen LogP contribution in [-0.2, 0) is 5.54 Å². The number of rotatable bonds is 3. The molecule has 2 aromatic rings. The van der Waals surface area contributed by atoms with Crippen molar-refractivity contribution in [3.63, 3.8) is 0 Å². The maximum absolute atomic E-state index is 6.40. The molecule has 0 radical (unpaired) electrons. The van der Waals surface area contributed by atoms with Crippen molar-refractivity contribution in [2.24, 2.45) is 11.5 Å². The van der Waals surface area contributed by atoms with Crippen LogP contribution in [0, 0.1) is 0 Å². The number of hydrogen-bond donors (Lipinski definition) is 2. The zero-order chi connectivity index (χ0) is 13.2. The Balaban J connectivity index is 2.33. The first kappa shape index (κ1) is 13.1. The SMILES string of the molecule is C[C@](N)(c1ccc(Cl)cc1)[C@H](N)c1ccccc1. The first-order valence-electron chi connectivity index (χ1n) is 5.87. The lowest BCUT2D eigenvalue weighted by Crippen LogP contribution is -2.44. The fraction of sp³-hybridized carbons (Fsp3) is 0.200. The number of halogens is 1. The summed E-state index contributed by atoms with van der Waals surface area (Å²) >= 11 is 5.89. The third-order valence-corrected chi connectivity index (χ3v) is 3.52. The van der Waals surface area contributed by atoms with Gasteiger partial charge in [0.25, 0.3) is 0 Å². The van der Waals surface area contributed by atoms with E-state index in [4.69, 9.17) is 23.1 Å². The van der Waals surface area contributed by atoms with Crippen LogP contribution in [0.2, 0.25) is 5.02 Å². The number of hydrogen-bond acceptors (Lipinski definition) is 2. The Bertz CT molecular complexity index is 506. The molecule has 94 valence electrons. The third kappa shape index (κ3) is 2.56. The summed E-state index contributed by atoms with van der Waals surface area (Å²) in [5.41, 5.74) is 14.0. The minimum atomic E-state index is -0.633. The summed E-state index contributed by atoms with van der Waals surface area (Å²) < 4.78 is 0. The van der Waals surface area contributed by atoms with E-state index in [0.717, 1.165) is 11.1 Å². The van der Waals surface area contributed by atoms with E-state index in [9.17, 15) is 0 Å². The van der Waals surface area contributed by atoms with Crippen molar-refractivity contribution in [1.29, 1.82) is 0 Å². The van der Waals surface area contributed by atoms with Crippen LogP contribution in [0.4, 0.5) is 0 Å². The summed E-state index contributed by atoms with van der Waals surface area (Å²) in [6, 6.07) is 17.1. The van der Waals surface area contributed by atoms with Gasteiger partial charge < -0.3 is 11.5 Å². The van der Waals surface area contributed by atoms with Gasteiger partial charge in [0.05, 0.1) is 11.6 Å². The van der Waals surface area contributed by atoms with E-state index >= 15 is 0 Å². The highest BCUT2D eigenvalue weighted by molar-refractivity contribution is 6.30. The molecule has 2 atom stereocenters. The summed E-state index contributed by atoms with van der Waals surface area (Å²) in [5, 5.41) is 0.697. The van der Waals surface area contributed by atoms with Crippen molar-refractivity contribution < 1.29 is 0 Å². The van der Waals surface area contributed by atoms with Crippen molar-refractivity contribution in [1.82, 2.24) is 0 Å². The van der Waals surface area contributed by atoms with Gasteiger partial charge in [-0.2, -0.15) is 0 Å². The molecule has 0 aliphatic rings. The molecule has 0 fully saturated rings. The van der Waals surface area contributed by atoms with E-state index in [0.29, 0.717) is 5.02 Å². The van der Waals surface area contributed by atoms with Gasteiger partial charge in [-0.05, 0) is 30.2 Å². The summed E-state index contributed by atoms with van der Waals surface area (Å²) in [5.74, 6) is 0. The molecular weight excluding hydrogens is 244 g/mol. The van der Waals surface area contributed by atoms with E-state index in [1.165, 1.54) is 0 Å². The number of benzene rings is 2. The van der Waals surface area contributed by atoms with Crippen LogP contribution in [0.1, 0.15) is 24.1 Å². The molecule has 0 unspecified atom stereocenters. The molecule has 0 spiro atoms. The van der Waals surface area contributed by atoms with E-state index in [1.807, 2.05) is 61.5 Å². The monoisotopic (exact) mass is 260 g/mol. The highest BCUT2D eigenvalue weighted by Gasteiger charge is 2.30. The largest absolute Gasteiger partial charge is 0.322 e. The smallest absolute Gasteiger partial charge is 0.0576 e. The normalized spacial score (nSPS) is 16.0. The third-order valence-electron chi connectivity index (χ3n) is 3.27. The molecule has 0 amide bonds. The van der Waals surface area contributed by atoms with E-state index < -0.39 is 5.54 Å². The fourth-order valence-electron chi connectivity index (χ4n) is 2.00. The lowest BCUT2D eigenvalue weighted by molar-refractivity contribution is 0.397. The van der Waals surface area contributed by atoms with E-state index in [-0.39, 0.29) is 6.04 Å². The van der Waals surface area contributed by atoms with E-state index in [2.05, 4.69) is 0 Å². The summed E-state index contributed by atoms with van der Waals surface area (Å²) in [4.78, 5) is 0. The molecule has 0 aliphatic carbocycles. The van der Waals surface area contributed by atoms with Crippen molar-refractivity contribution >= 4 is 11.6 Å². The Labute approximate surface area is 113 Å². The zero-order valence-corrected chi connectivity index (χ0v) is 11.1. The van der Waals surface area contributed by atoms with Gasteiger partial charge in [0.15, 0.2) is 0 Å². The Morgan fingerprint density at radius 2 is 1.56 bits per heavy atom. The Morgan fingerprint density at radius 3 is 2.11 bits per heavy atom. The molecule has 0 saturated carbocycles. The standard InChI is InChI=1S/C15H17ClN2/c1-15(18,12-7-9-13(16)10-8-12)14(17)11-5-3-2-4-6-11/h2-10,14H,17-18H2,1H3/t14-,15+/m1/s1. The second-order valence-electron chi connectivity index (χ2n) is 4.68. The molecule has 0 aromatic heterocycles. The van der Waals surface area contributed by atoms with Crippen LogP contribution in [0.3, 0.4) is 0 Å². The first-order chi connectivity index (χ1) is 8.51. The lowest BCUT2D eigenvalue weighted by atomic mass is 9.82. The van der Waals surface area contributed by atoms with Gasteiger partial charge in [0.2, 0.25) is 0 Å². The zero-order valence-electron chi connectivity index (χ0n) is 10.3. The Morgan fingerprint density at radius 1 is 1.00 bits per heavy atom. The highest BCUT2D eigenvalue weighted by atomic mass is 35.5. The quantitative estimate of drug-likeness (QED) is 0.890. The average molecular weight is 261 g/mol. The van der Waals surface area contributed by atoms with Crippen molar-refractivity contribution in [3.05, 3.63) is 70.7 Å². The molecule has 0 bridgehead atoms. The second kappa shape index (κ2) is 5.11. The number of nitrogens with two attached hydrogens (primary N) is 2. The predicted molar refractivity (Wildman–Crippen MR) is 76.4 cm³/mol. The average Bonchev–Trinajstić information content (AvgIpc) is 2.39. The summed E-state index contributed by atoms with van der Waals surface area (Å²) in [7, 11) is 0. The topological polar surface area (TPSA) is 52.0 Å². The maximum Gasteiger partial charge on any atom is 0.0576 e. The van der Waals surface area contributed by atoms with Crippen molar-refractivity contribution in [3.8, 4) is 0 Å². The van der Waals surface area contributed by atoms with Crippen LogP contribution in [-0.4, -0.2) is 0 Å². The van der Waals surface area contributed by atoms with Crippen LogP contribution < -0.4 is 11.5 Å². The fourth-order valence-corrected chi connectivity index (χ4v) is 2.12. The van der Waals surface area contributed by atoms with Gasteiger partial charge in [0.1, 0.15) is 0 Å². The maximum atomic E-state index is 6.40. The molecule has 4 N–H and O–H groups in total. The van der Waals surface area contributed by atoms with Crippen LogP contribution in [0.25, 0.3) is 0 Å². The lowest BCUT2D eigenvalue weighted by Gasteiger charge is -2.32. The predicted octanol–water partition coefficient (Wildman–Crippen LogP) is 3.21. The molecule has 2 nitrogen and oxygen atoms in total. The summed E-state index contributed by atoms with van der Waals surface area (Å²) in [6.07, 6.45) is 0. The first-order valence-corrected chi connectivity index (χ1v) is 6.25. The van der Waals surface area contributed by atoms with Crippen molar-refractivity contribution in [2.45, 2.75) is 18.5 Å². The van der Waals surface area contributed by atoms with E-state index in [1.54, 1.807) is 0 Å². The second-order valence-corrected chi connectivity index (χ2v) is 5.11. The van der Waals surface area contributed by atoms with Gasteiger partial charge in [-0.1, -0.05) is 54.1 Å². The Hall–Kier alpha value is -1.35. The minimum Gasteiger partial charge on any atom is -0.322 e. The molecule has 2 rings (SSSR count). The highest BCUT2D eigenvalue weighted by Crippen LogP contribution is 2.31.